The molecule has 2 amide bonds. The van der Waals surface area contributed by atoms with Crippen LogP contribution in [0.4, 0.5) is 5.69 Å². The van der Waals surface area contributed by atoms with Crippen molar-refractivity contribution < 1.29 is 23.9 Å². The second-order valence-electron chi connectivity index (χ2n) is 5.87. The van der Waals surface area contributed by atoms with Gasteiger partial charge in [0, 0.05) is 5.69 Å². The van der Waals surface area contributed by atoms with Gasteiger partial charge in [-0.05, 0) is 43.7 Å². The molecule has 2 N–H and O–H groups in total. The highest BCUT2D eigenvalue weighted by Gasteiger charge is 2.19. The molecule has 142 valence electrons. The number of ether oxygens (including phenoxy) is 2. The number of benzene rings is 2. The molecule has 0 aliphatic carbocycles. The Hall–Kier alpha value is -3.35. The Bertz CT molecular complexity index is 835. The van der Waals surface area contributed by atoms with E-state index in [9.17, 15) is 14.4 Å². The van der Waals surface area contributed by atoms with Crippen molar-refractivity contribution in [2.45, 2.75) is 20.0 Å². The minimum atomic E-state index is -0.999. The Balaban J connectivity index is 1.84. The first kappa shape index (κ1) is 20.0. The zero-order valence-electron chi connectivity index (χ0n) is 15.4. The van der Waals surface area contributed by atoms with Crippen LogP contribution in [0.3, 0.4) is 0 Å². The Labute approximate surface area is 157 Å². The van der Waals surface area contributed by atoms with E-state index in [-0.39, 0.29) is 6.54 Å². The number of anilines is 1. The predicted molar refractivity (Wildman–Crippen MR) is 101 cm³/mol. The first-order chi connectivity index (χ1) is 12.9. The van der Waals surface area contributed by atoms with E-state index < -0.39 is 23.9 Å². The van der Waals surface area contributed by atoms with Crippen LogP contribution in [-0.2, 0) is 14.3 Å². The smallest absolute Gasteiger partial charge is 0.326 e. The summed E-state index contributed by atoms with van der Waals surface area (Å²) in [6.45, 7) is 3.01. The third-order valence-electron chi connectivity index (χ3n) is 3.71. The lowest BCUT2D eigenvalue weighted by atomic mass is 10.2. The molecule has 2 aromatic carbocycles. The van der Waals surface area contributed by atoms with Crippen molar-refractivity contribution in [1.82, 2.24) is 5.32 Å². The zero-order chi connectivity index (χ0) is 19.8. The molecule has 0 spiro atoms. The van der Waals surface area contributed by atoms with Gasteiger partial charge in [0.25, 0.3) is 11.8 Å². The summed E-state index contributed by atoms with van der Waals surface area (Å²) in [5.41, 5.74) is 1.92. The number of aryl methyl sites for hydroxylation is 1. The van der Waals surface area contributed by atoms with Gasteiger partial charge in [-0.25, -0.2) is 0 Å². The fraction of sp³-hybridized carbons (Fsp3) is 0.250. The van der Waals surface area contributed by atoms with Crippen LogP contribution >= 0.6 is 0 Å². The van der Waals surface area contributed by atoms with E-state index in [2.05, 4.69) is 10.6 Å². The molecule has 0 aromatic heterocycles. The Kier molecular flexibility index (Phi) is 6.93. The topological polar surface area (TPSA) is 93.7 Å². The van der Waals surface area contributed by atoms with Crippen LogP contribution in [0.15, 0.2) is 48.5 Å². The summed E-state index contributed by atoms with van der Waals surface area (Å²) in [6.07, 6.45) is -0.999. The van der Waals surface area contributed by atoms with Gasteiger partial charge in [0.2, 0.25) is 0 Å². The molecule has 2 rings (SSSR count). The van der Waals surface area contributed by atoms with Gasteiger partial charge in [0.15, 0.2) is 6.10 Å². The molecule has 2 aromatic rings. The molecule has 0 saturated heterocycles. The first-order valence-corrected chi connectivity index (χ1v) is 8.39. The minimum Gasteiger partial charge on any atom is -0.496 e. The maximum Gasteiger partial charge on any atom is 0.326 e. The molecule has 0 unspecified atom stereocenters. The maximum atomic E-state index is 12.1. The first-order valence-electron chi connectivity index (χ1n) is 8.39. The lowest BCUT2D eigenvalue weighted by molar-refractivity contribution is -0.152. The summed E-state index contributed by atoms with van der Waals surface area (Å²) in [5.74, 6) is -1.24. The van der Waals surface area contributed by atoms with Crippen LogP contribution in [-0.4, -0.2) is 37.5 Å². The fourth-order valence-corrected chi connectivity index (χ4v) is 2.34. The van der Waals surface area contributed by atoms with Gasteiger partial charge in [0.1, 0.15) is 12.3 Å². The van der Waals surface area contributed by atoms with Crippen LogP contribution < -0.4 is 15.4 Å². The molecular formula is C20H22N2O5. The second kappa shape index (κ2) is 9.38. The second-order valence-corrected chi connectivity index (χ2v) is 5.87. The molecule has 0 fully saturated rings. The quantitative estimate of drug-likeness (QED) is 0.730. The SMILES string of the molecule is COc1ccccc1C(=O)NCC(=O)O[C@@H](C)C(=O)Nc1cccc(C)c1. The fourth-order valence-electron chi connectivity index (χ4n) is 2.34. The van der Waals surface area contributed by atoms with Gasteiger partial charge in [0.05, 0.1) is 12.7 Å². The van der Waals surface area contributed by atoms with Crippen molar-refractivity contribution in [1.29, 1.82) is 0 Å². The minimum absolute atomic E-state index is 0.304. The molecule has 27 heavy (non-hydrogen) atoms. The summed E-state index contributed by atoms with van der Waals surface area (Å²) >= 11 is 0. The van der Waals surface area contributed by atoms with E-state index >= 15 is 0 Å². The van der Waals surface area contributed by atoms with Crippen LogP contribution in [0.2, 0.25) is 0 Å². The van der Waals surface area contributed by atoms with Gasteiger partial charge in [-0.3, -0.25) is 14.4 Å². The van der Waals surface area contributed by atoms with Crippen molar-refractivity contribution in [3.63, 3.8) is 0 Å². The molecule has 0 heterocycles. The third-order valence-corrected chi connectivity index (χ3v) is 3.71. The number of nitrogens with one attached hydrogen (secondary N) is 2. The van der Waals surface area contributed by atoms with E-state index in [1.54, 1.807) is 36.4 Å². The van der Waals surface area contributed by atoms with Gasteiger partial charge < -0.3 is 20.1 Å². The van der Waals surface area contributed by atoms with E-state index in [1.165, 1.54) is 14.0 Å². The normalized spacial score (nSPS) is 11.2. The zero-order valence-corrected chi connectivity index (χ0v) is 15.4. The van der Waals surface area contributed by atoms with Crippen molar-refractivity contribution in [3.05, 3.63) is 59.7 Å². The molecule has 7 nitrogen and oxygen atoms in total. The molecule has 0 aliphatic rings. The highest BCUT2D eigenvalue weighted by Crippen LogP contribution is 2.16. The molecular weight excluding hydrogens is 348 g/mol. The summed E-state index contributed by atoms with van der Waals surface area (Å²) in [4.78, 5) is 36.2. The van der Waals surface area contributed by atoms with Gasteiger partial charge in [-0.2, -0.15) is 0 Å². The number of rotatable bonds is 7. The Morgan fingerprint density at radius 3 is 2.52 bits per heavy atom. The van der Waals surface area contributed by atoms with E-state index in [4.69, 9.17) is 9.47 Å². The Morgan fingerprint density at radius 2 is 1.81 bits per heavy atom. The van der Waals surface area contributed by atoms with Crippen molar-refractivity contribution in [2.24, 2.45) is 0 Å². The van der Waals surface area contributed by atoms with Crippen molar-refractivity contribution in [3.8, 4) is 5.75 Å². The summed E-state index contributed by atoms with van der Waals surface area (Å²) in [7, 11) is 1.45. The number of carbonyl (C=O) groups excluding carboxylic acids is 3. The number of para-hydroxylation sites is 1. The molecule has 0 radical (unpaired) electrons. The van der Waals surface area contributed by atoms with Gasteiger partial charge in [-0.15, -0.1) is 0 Å². The van der Waals surface area contributed by atoms with Crippen molar-refractivity contribution in [2.75, 3.05) is 19.0 Å². The number of hydrogen-bond donors (Lipinski definition) is 2. The standard InChI is InChI=1S/C20H22N2O5/c1-13-7-6-8-15(11-13)22-19(24)14(2)27-18(23)12-21-20(25)16-9-4-5-10-17(16)26-3/h4-11,14H,12H2,1-3H3,(H,21,25)(H,22,24)/t14-/m0/s1. The summed E-state index contributed by atoms with van der Waals surface area (Å²) in [6, 6.07) is 13.9. The van der Waals surface area contributed by atoms with Gasteiger partial charge >= 0.3 is 5.97 Å². The highest BCUT2D eigenvalue weighted by molar-refractivity contribution is 5.99. The largest absolute Gasteiger partial charge is 0.496 e. The third kappa shape index (κ3) is 5.85. The van der Waals surface area contributed by atoms with Crippen molar-refractivity contribution >= 4 is 23.5 Å². The number of esters is 1. The molecule has 0 saturated carbocycles. The van der Waals surface area contributed by atoms with E-state index in [1.807, 2.05) is 19.1 Å². The molecule has 1 atom stereocenters. The lowest BCUT2D eigenvalue weighted by Gasteiger charge is -2.14. The molecule has 7 heteroatoms. The highest BCUT2D eigenvalue weighted by atomic mass is 16.5. The maximum absolute atomic E-state index is 12.1. The van der Waals surface area contributed by atoms with Gasteiger partial charge in [-0.1, -0.05) is 24.3 Å². The monoisotopic (exact) mass is 370 g/mol. The van der Waals surface area contributed by atoms with Crippen LogP contribution in [0.1, 0.15) is 22.8 Å². The van der Waals surface area contributed by atoms with E-state index in [0.717, 1.165) is 5.56 Å². The van der Waals surface area contributed by atoms with Crippen LogP contribution in [0, 0.1) is 6.92 Å². The Morgan fingerprint density at radius 1 is 1.07 bits per heavy atom. The number of hydrogen-bond acceptors (Lipinski definition) is 5. The summed E-state index contributed by atoms with van der Waals surface area (Å²) < 4.78 is 10.2. The average molecular weight is 370 g/mol. The number of amides is 2. The lowest BCUT2D eigenvalue weighted by Crippen LogP contribution is -2.36. The number of carbonyl (C=O) groups is 3. The summed E-state index contributed by atoms with van der Waals surface area (Å²) in [5, 5.41) is 5.12. The molecule has 0 bridgehead atoms. The number of methoxy groups -OCH3 is 1. The van der Waals surface area contributed by atoms with Crippen LogP contribution in [0.5, 0.6) is 5.75 Å². The van der Waals surface area contributed by atoms with Crippen LogP contribution in [0.25, 0.3) is 0 Å². The van der Waals surface area contributed by atoms with E-state index in [0.29, 0.717) is 17.0 Å². The predicted octanol–water partition coefficient (Wildman–Crippen LogP) is 2.30. The molecule has 0 aliphatic heterocycles. The average Bonchev–Trinajstić information content (AvgIpc) is 2.66.